The lowest BCUT2D eigenvalue weighted by Crippen LogP contribution is -2.18. The van der Waals surface area contributed by atoms with Crippen LogP contribution in [0.25, 0.3) is 0 Å². The summed E-state index contributed by atoms with van der Waals surface area (Å²) in [6.07, 6.45) is 0.160. The van der Waals surface area contributed by atoms with E-state index in [4.69, 9.17) is 4.74 Å². The van der Waals surface area contributed by atoms with Gasteiger partial charge in [-0.15, -0.1) is 23.1 Å². The zero-order valence-corrected chi connectivity index (χ0v) is 15.8. The van der Waals surface area contributed by atoms with Crippen LogP contribution in [0.4, 0.5) is 4.39 Å². The van der Waals surface area contributed by atoms with Crippen LogP contribution in [0.2, 0.25) is 0 Å². The number of esters is 1. The first-order chi connectivity index (χ1) is 12.4. The molecular weight excluding hydrogens is 377 g/mol. The Balaban J connectivity index is 1.68. The third-order valence-corrected chi connectivity index (χ3v) is 5.34. The van der Waals surface area contributed by atoms with Crippen molar-refractivity contribution in [2.45, 2.75) is 24.8 Å². The maximum absolute atomic E-state index is 12.8. The maximum Gasteiger partial charge on any atom is 0.307 e. The predicted molar refractivity (Wildman–Crippen MR) is 98.9 cm³/mol. The van der Waals surface area contributed by atoms with Gasteiger partial charge < -0.3 is 10.1 Å². The molecule has 0 unspecified atom stereocenters. The van der Waals surface area contributed by atoms with Gasteiger partial charge >= 0.3 is 5.97 Å². The zero-order chi connectivity index (χ0) is 18.9. The lowest BCUT2D eigenvalue weighted by molar-refractivity contribution is -0.142. The van der Waals surface area contributed by atoms with Crippen molar-refractivity contribution < 1.29 is 23.5 Å². The Labute approximate surface area is 158 Å². The van der Waals surface area contributed by atoms with Crippen LogP contribution in [-0.4, -0.2) is 30.0 Å². The van der Waals surface area contributed by atoms with Gasteiger partial charge in [-0.1, -0.05) is 0 Å². The molecule has 0 aliphatic carbocycles. The van der Waals surface area contributed by atoms with Crippen molar-refractivity contribution in [1.29, 1.82) is 0 Å². The van der Waals surface area contributed by atoms with Crippen LogP contribution in [0.5, 0.6) is 0 Å². The molecule has 138 valence electrons. The van der Waals surface area contributed by atoms with E-state index < -0.39 is 5.97 Å². The molecule has 1 N–H and O–H groups in total. The molecule has 1 heterocycles. The van der Waals surface area contributed by atoms with E-state index in [0.717, 1.165) is 9.77 Å². The highest BCUT2D eigenvalue weighted by atomic mass is 32.2. The van der Waals surface area contributed by atoms with E-state index in [1.165, 1.54) is 42.2 Å². The summed E-state index contributed by atoms with van der Waals surface area (Å²) in [4.78, 5) is 36.8. The summed E-state index contributed by atoms with van der Waals surface area (Å²) in [6.45, 7) is 1.49. The lowest BCUT2D eigenvalue weighted by atomic mass is 10.3. The molecule has 0 aliphatic heterocycles. The van der Waals surface area contributed by atoms with E-state index in [1.807, 2.05) is 0 Å². The van der Waals surface area contributed by atoms with Crippen molar-refractivity contribution in [3.63, 3.8) is 0 Å². The second-order valence-corrected chi connectivity index (χ2v) is 7.65. The highest BCUT2D eigenvalue weighted by molar-refractivity contribution is 7.99. The van der Waals surface area contributed by atoms with Gasteiger partial charge in [0.05, 0.1) is 17.8 Å². The number of thioether (sulfide) groups is 1. The van der Waals surface area contributed by atoms with Gasteiger partial charge in [-0.2, -0.15) is 0 Å². The molecule has 1 amide bonds. The largest absolute Gasteiger partial charge is 0.457 e. The Bertz CT molecular complexity index is 774. The number of amides is 1. The van der Waals surface area contributed by atoms with Gasteiger partial charge in [-0.25, -0.2) is 4.39 Å². The number of benzene rings is 1. The summed E-state index contributed by atoms with van der Waals surface area (Å²) >= 11 is 2.67. The standard InChI is InChI=1S/C18H18FNO4S2/c1-12(21)20-10-15-6-7-17(26-15)16(22)11-24-18(23)8-9-25-14-4-2-13(19)3-5-14/h2-7H,8-11H2,1H3,(H,20,21). The monoisotopic (exact) mass is 395 g/mol. The van der Waals surface area contributed by atoms with Crippen LogP contribution in [0.15, 0.2) is 41.3 Å². The average Bonchev–Trinajstić information content (AvgIpc) is 3.09. The molecule has 0 fully saturated rings. The fraction of sp³-hybridized carbons (Fsp3) is 0.278. The van der Waals surface area contributed by atoms with Crippen molar-refractivity contribution in [2.75, 3.05) is 12.4 Å². The molecule has 0 saturated heterocycles. The molecule has 2 rings (SSSR count). The average molecular weight is 395 g/mol. The number of hydrogen-bond donors (Lipinski definition) is 1. The van der Waals surface area contributed by atoms with Gasteiger partial charge in [-0.05, 0) is 36.4 Å². The van der Waals surface area contributed by atoms with Crippen LogP contribution in [0.3, 0.4) is 0 Å². The van der Waals surface area contributed by atoms with Crippen LogP contribution in [-0.2, 0) is 20.9 Å². The normalized spacial score (nSPS) is 10.4. The molecule has 26 heavy (non-hydrogen) atoms. The molecule has 0 radical (unpaired) electrons. The highest BCUT2D eigenvalue weighted by Gasteiger charge is 2.13. The number of nitrogens with one attached hydrogen (secondary N) is 1. The first-order valence-electron chi connectivity index (χ1n) is 7.84. The summed E-state index contributed by atoms with van der Waals surface area (Å²) in [5.74, 6) is -0.690. The number of halogens is 1. The first kappa shape index (κ1) is 20.1. The van der Waals surface area contributed by atoms with Gasteiger partial charge in [0.25, 0.3) is 0 Å². The molecule has 0 bridgehead atoms. The highest BCUT2D eigenvalue weighted by Crippen LogP contribution is 2.19. The summed E-state index contributed by atoms with van der Waals surface area (Å²) in [7, 11) is 0. The molecule has 2 aromatic rings. The molecule has 8 heteroatoms. The molecular formula is C18H18FNO4S2. The van der Waals surface area contributed by atoms with Crippen LogP contribution >= 0.6 is 23.1 Å². The van der Waals surface area contributed by atoms with Gasteiger partial charge in [0.1, 0.15) is 5.82 Å². The van der Waals surface area contributed by atoms with Crippen molar-refractivity contribution in [3.8, 4) is 0 Å². The smallest absolute Gasteiger partial charge is 0.307 e. The molecule has 0 aliphatic rings. The van der Waals surface area contributed by atoms with E-state index in [9.17, 15) is 18.8 Å². The molecule has 1 aromatic heterocycles. The fourth-order valence-corrected chi connectivity index (χ4v) is 3.61. The minimum atomic E-state index is -0.456. The van der Waals surface area contributed by atoms with Gasteiger partial charge in [0, 0.05) is 22.4 Å². The van der Waals surface area contributed by atoms with Crippen molar-refractivity contribution in [1.82, 2.24) is 5.32 Å². The molecule has 0 spiro atoms. The maximum atomic E-state index is 12.8. The molecule has 1 aromatic carbocycles. The van der Waals surface area contributed by atoms with Gasteiger partial charge in [0.15, 0.2) is 6.61 Å². The Hall–Kier alpha value is -2.19. The number of hydrogen-bond acceptors (Lipinski definition) is 6. The van der Waals surface area contributed by atoms with E-state index in [0.29, 0.717) is 17.2 Å². The quantitative estimate of drug-likeness (QED) is 0.400. The summed E-state index contributed by atoms with van der Waals surface area (Å²) in [5, 5.41) is 2.66. The topological polar surface area (TPSA) is 72.5 Å². The van der Waals surface area contributed by atoms with E-state index >= 15 is 0 Å². The fourth-order valence-electron chi connectivity index (χ4n) is 1.91. The second kappa shape index (κ2) is 10.1. The van der Waals surface area contributed by atoms with Crippen molar-refractivity contribution in [3.05, 3.63) is 52.0 Å². The van der Waals surface area contributed by atoms with Crippen LogP contribution in [0.1, 0.15) is 27.9 Å². The summed E-state index contributed by atoms with van der Waals surface area (Å²) < 4.78 is 17.8. The van der Waals surface area contributed by atoms with E-state index in [-0.39, 0.29) is 30.5 Å². The SMILES string of the molecule is CC(=O)NCc1ccc(C(=O)COC(=O)CCSc2ccc(F)cc2)s1. The first-order valence-corrected chi connectivity index (χ1v) is 9.64. The van der Waals surface area contributed by atoms with E-state index in [2.05, 4.69) is 5.32 Å². The lowest BCUT2D eigenvalue weighted by Gasteiger charge is -2.04. The van der Waals surface area contributed by atoms with Gasteiger partial charge in [0.2, 0.25) is 11.7 Å². The number of Topliss-reactive ketones (excluding diaryl/α,β-unsaturated/α-hetero) is 1. The third kappa shape index (κ3) is 6.97. The number of thiophene rings is 1. The molecule has 0 atom stereocenters. The Morgan fingerprint density at radius 2 is 1.88 bits per heavy atom. The van der Waals surface area contributed by atoms with Crippen molar-refractivity contribution >= 4 is 40.8 Å². The predicted octanol–water partition coefficient (Wildman–Crippen LogP) is 3.43. The van der Waals surface area contributed by atoms with Gasteiger partial charge in [-0.3, -0.25) is 14.4 Å². The molecule has 5 nitrogen and oxygen atoms in total. The number of ketones is 1. The Morgan fingerprint density at radius 3 is 2.58 bits per heavy atom. The summed E-state index contributed by atoms with van der Waals surface area (Å²) in [5.41, 5.74) is 0. The second-order valence-electron chi connectivity index (χ2n) is 5.31. The summed E-state index contributed by atoms with van der Waals surface area (Å²) in [6, 6.07) is 9.42. The molecule has 0 saturated carbocycles. The minimum absolute atomic E-state index is 0.140. The Kier molecular flexibility index (Phi) is 7.80. The third-order valence-electron chi connectivity index (χ3n) is 3.20. The minimum Gasteiger partial charge on any atom is -0.457 e. The van der Waals surface area contributed by atoms with Crippen LogP contribution < -0.4 is 5.32 Å². The zero-order valence-electron chi connectivity index (χ0n) is 14.1. The number of ether oxygens (including phenoxy) is 1. The van der Waals surface area contributed by atoms with Crippen molar-refractivity contribution in [2.24, 2.45) is 0 Å². The van der Waals surface area contributed by atoms with E-state index in [1.54, 1.807) is 24.3 Å². The number of carbonyl (C=O) groups excluding carboxylic acids is 3. The number of rotatable bonds is 9. The number of carbonyl (C=O) groups is 3. The van der Waals surface area contributed by atoms with Crippen LogP contribution in [0, 0.1) is 5.82 Å². The Morgan fingerprint density at radius 1 is 1.15 bits per heavy atom.